The lowest BCUT2D eigenvalue weighted by molar-refractivity contribution is -0.0427. The lowest BCUT2D eigenvalue weighted by atomic mass is 10.1. The highest BCUT2D eigenvalue weighted by Gasteiger charge is 2.34. The molecule has 1 aliphatic rings. The van der Waals surface area contributed by atoms with Gasteiger partial charge in [-0.15, -0.1) is 0 Å². The molecule has 10 heavy (non-hydrogen) atoms. The first-order chi connectivity index (χ1) is 4.61. The van der Waals surface area contributed by atoms with Crippen LogP contribution in [0.25, 0.3) is 0 Å². The molecule has 1 saturated heterocycles. The maximum Gasteiger partial charge on any atom is 0.141 e. The number of likely N-dealkylation sites (tertiary alicyclic amines) is 1. The van der Waals surface area contributed by atoms with Crippen molar-refractivity contribution in [3.8, 4) is 0 Å². The fourth-order valence-corrected chi connectivity index (χ4v) is 1.11. The first-order valence-electron chi connectivity index (χ1n) is 3.26. The summed E-state index contributed by atoms with van der Waals surface area (Å²) in [6, 6.07) is 0. The summed E-state index contributed by atoms with van der Waals surface area (Å²) in [5.41, 5.74) is 0. The van der Waals surface area contributed by atoms with E-state index in [9.17, 15) is 8.78 Å². The molecular formula is C6H11F2NO. The molecule has 60 valence electrons. The quantitative estimate of drug-likeness (QED) is 0.525. The van der Waals surface area contributed by atoms with Gasteiger partial charge >= 0.3 is 0 Å². The van der Waals surface area contributed by atoms with Crippen molar-refractivity contribution in [3.05, 3.63) is 0 Å². The molecule has 0 spiro atoms. The largest absolute Gasteiger partial charge is 0.387 e. The topological polar surface area (TPSA) is 23.5 Å². The van der Waals surface area contributed by atoms with Gasteiger partial charge in [0, 0.05) is 13.1 Å². The van der Waals surface area contributed by atoms with Crippen LogP contribution in [0, 0.1) is 0 Å². The maximum atomic E-state index is 12.5. The van der Waals surface area contributed by atoms with Crippen molar-refractivity contribution in [3.63, 3.8) is 0 Å². The molecule has 1 aliphatic heterocycles. The molecule has 0 aromatic rings. The van der Waals surface area contributed by atoms with Crippen molar-refractivity contribution in [1.29, 1.82) is 0 Å². The number of aliphatic hydroxyl groups is 1. The van der Waals surface area contributed by atoms with Crippen molar-refractivity contribution in [2.75, 3.05) is 20.1 Å². The monoisotopic (exact) mass is 151 g/mol. The van der Waals surface area contributed by atoms with Crippen LogP contribution in [0.4, 0.5) is 8.78 Å². The summed E-state index contributed by atoms with van der Waals surface area (Å²) in [4.78, 5) is 1.53. The second kappa shape index (κ2) is 2.80. The van der Waals surface area contributed by atoms with Gasteiger partial charge in [0.15, 0.2) is 0 Å². The van der Waals surface area contributed by atoms with Gasteiger partial charge in [0.05, 0.1) is 0 Å². The first-order valence-corrected chi connectivity index (χ1v) is 3.26. The molecule has 0 aromatic heterocycles. The predicted molar refractivity (Wildman–Crippen MR) is 33.3 cm³/mol. The van der Waals surface area contributed by atoms with Gasteiger partial charge in [-0.05, 0) is 7.05 Å². The Kier molecular flexibility index (Phi) is 2.21. The number of alkyl halides is 2. The molecular weight excluding hydrogens is 140 g/mol. The van der Waals surface area contributed by atoms with E-state index in [0.29, 0.717) is 0 Å². The number of rotatable bonds is 0. The molecule has 1 heterocycles. The highest BCUT2D eigenvalue weighted by Crippen LogP contribution is 2.15. The lowest BCUT2D eigenvalue weighted by Crippen LogP contribution is -2.50. The summed E-state index contributed by atoms with van der Waals surface area (Å²) in [5, 5.41) is 8.79. The summed E-state index contributed by atoms with van der Waals surface area (Å²) < 4.78 is 25.1. The molecule has 0 aromatic carbocycles. The van der Waals surface area contributed by atoms with Gasteiger partial charge in [-0.1, -0.05) is 0 Å². The third kappa shape index (κ3) is 1.44. The molecule has 0 bridgehead atoms. The zero-order chi connectivity index (χ0) is 7.72. The minimum atomic E-state index is -1.44. The molecule has 0 aliphatic carbocycles. The molecule has 4 heteroatoms. The number of halogens is 2. The Hall–Kier alpha value is -0.220. The third-order valence-corrected chi connectivity index (χ3v) is 1.71. The number of nitrogens with zero attached hydrogens (tertiary/aromatic N) is 1. The molecule has 2 unspecified atom stereocenters. The second-order valence-corrected chi connectivity index (χ2v) is 2.74. The normalized spacial score (nSPS) is 43.8. The van der Waals surface area contributed by atoms with Crippen LogP contribution in [0.3, 0.4) is 0 Å². The van der Waals surface area contributed by atoms with Crippen molar-refractivity contribution in [2.24, 2.45) is 0 Å². The van der Waals surface area contributed by atoms with Crippen LogP contribution in [-0.2, 0) is 0 Å². The third-order valence-electron chi connectivity index (χ3n) is 1.71. The zero-order valence-electron chi connectivity index (χ0n) is 5.80. The molecule has 0 radical (unpaired) electrons. The number of hydrogen-bond acceptors (Lipinski definition) is 2. The van der Waals surface area contributed by atoms with Crippen LogP contribution in [0.15, 0.2) is 0 Å². The van der Waals surface area contributed by atoms with Gasteiger partial charge in [0.1, 0.15) is 18.4 Å². The Morgan fingerprint density at radius 3 is 2.10 bits per heavy atom. The van der Waals surface area contributed by atoms with E-state index in [0.717, 1.165) is 0 Å². The summed E-state index contributed by atoms with van der Waals surface area (Å²) in [6.45, 7) is 0.253. The number of piperidine rings is 1. The van der Waals surface area contributed by atoms with Crippen molar-refractivity contribution < 1.29 is 13.9 Å². The number of hydrogen-bond donors (Lipinski definition) is 1. The summed E-state index contributed by atoms with van der Waals surface area (Å²) >= 11 is 0. The van der Waals surface area contributed by atoms with Crippen LogP contribution >= 0.6 is 0 Å². The predicted octanol–water partition coefficient (Wildman–Crippen LogP) is -0.0311. The van der Waals surface area contributed by atoms with Crippen LogP contribution in [-0.4, -0.2) is 48.6 Å². The van der Waals surface area contributed by atoms with E-state index in [4.69, 9.17) is 5.11 Å². The van der Waals surface area contributed by atoms with Crippen molar-refractivity contribution in [2.45, 2.75) is 18.4 Å². The smallest absolute Gasteiger partial charge is 0.141 e. The van der Waals surface area contributed by atoms with Crippen LogP contribution < -0.4 is 0 Å². The standard InChI is InChI=1S/C6H11F2NO/c1-9-2-4(7)6(10)5(8)3-9/h4-6,10H,2-3H2,1H3. The molecule has 2 atom stereocenters. The fourth-order valence-electron chi connectivity index (χ4n) is 1.11. The van der Waals surface area contributed by atoms with Crippen molar-refractivity contribution >= 4 is 0 Å². The molecule has 2 nitrogen and oxygen atoms in total. The Balaban J connectivity index is 2.49. The Morgan fingerprint density at radius 1 is 1.30 bits per heavy atom. The van der Waals surface area contributed by atoms with Gasteiger partial charge in [-0.25, -0.2) is 8.78 Å². The summed E-state index contributed by atoms with van der Waals surface area (Å²) in [6.07, 6.45) is -4.29. The number of aliphatic hydroxyl groups excluding tert-OH is 1. The summed E-state index contributed by atoms with van der Waals surface area (Å²) in [5.74, 6) is 0. The maximum absolute atomic E-state index is 12.5. The average Bonchev–Trinajstić information content (AvgIpc) is 1.82. The molecule has 0 saturated carbocycles. The Labute approximate surface area is 58.4 Å². The molecule has 1 rings (SSSR count). The van der Waals surface area contributed by atoms with Crippen LogP contribution in [0.1, 0.15) is 0 Å². The van der Waals surface area contributed by atoms with E-state index in [-0.39, 0.29) is 13.1 Å². The SMILES string of the molecule is CN1CC(F)C(O)C(F)C1. The van der Waals surface area contributed by atoms with E-state index >= 15 is 0 Å². The van der Waals surface area contributed by atoms with Crippen LogP contribution in [0.2, 0.25) is 0 Å². The van der Waals surface area contributed by atoms with E-state index in [1.54, 1.807) is 7.05 Å². The van der Waals surface area contributed by atoms with Crippen molar-refractivity contribution in [1.82, 2.24) is 4.90 Å². The molecule has 1 N–H and O–H groups in total. The zero-order valence-corrected chi connectivity index (χ0v) is 5.80. The lowest BCUT2D eigenvalue weighted by Gasteiger charge is -2.31. The van der Waals surface area contributed by atoms with E-state index in [1.165, 1.54) is 4.90 Å². The minimum absolute atomic E-state index is 0.127. The highest BCUT2D eigenvalue weighted by molar-refractivity contribution is 4.85. The fraction of sp³-hybridized carbons (Fsp3) is 1.00. The molecule has 1 fully saturated rings. The molecule has 0 amide bonds. The van der Waals surface area contributed by atoms with Gasteiger partial charge in [-0.2, -0.15) is 0 Å². The van der Waals surface area contributed by atoms with Gasteiger partial charge in [0.25, 0.3) is 0 Å². The van der Waals surface area contributed by atoms with Gasteiger partial charge in [0.2, 0.25) is 0 Å². The van der Waals surface area contributed by atoms with Gasteiger partial charge in [-0.3, -0.25) is 0 Å². The minimum Gasteiger partial charge on any atom is -0.387 e. The Morgan fingerprint density at radius 2 is 1.70 bits per heavy atom. The van der Waals surface area contributed by atoms with E-state index in [2.05, 4.69) is 0 Å². The van der Waals surface area contributed by atoms with Gasteiger partial charge < -0.3 is 10.0 Å². The van der Waals surface area contributed by atoms with E-state index < -0.39 is 18.4 Å². The summed E-state index contributed by atoms with van der Waals surface area (Å²) in [7, 11) is 1.63. The highest BCUT2D eigenvalue weighted by atomic mass is 19.1. The second-order valence-electron chi connectivity index (χ2n) is 2.74. The average molecular weight is 151 g/mol. The van der Waals surface area contributed by atoms with E-state index in [1.807, 2.05) is 0 Å². The first kappa shape index (κ1) is 7.88. The Bertz CT molecular complexity index is 110. The van der Waals surface area contributed by atoms with Crippen LogP contribution in [0.5, 0.6) is 0 Å².